The average Bonchev–Trinajstić information content (AvgIpc) is 2.89. The number of rotatable bonds is 4. The van der Waals surface area contributed by atoms with Gasteiger partial charge in [-0.05, 0) is 30.7 Å². The SMILES string of the molecule is CC[n+]1c(C=Cc2cccc(O)c2C(=O)O)sc2ccccc21. The molecule has 23 heavy (non-hydrogen) atoms. The number of aromatic nitrogens is 1. The summed E-state index contributed by atoms with van der Waals surface area (Å²) in [6.07, 6.45) is 3.63. The number of hydrogen-bond acceptors (Lipinski definition) is 3. The van der Waals surface area contributed by atoms with E-state index in [1.807, 2.05) is 18.2 Å². The van der Waals surface area contributed by atoms with Gasteiger partial charge in [0.25, 0.3) is 5.01 Å². The number of aromatic hydroxyl groups is 1. The van der Waals surface area contributed by atoms with Gasteiger partial charge in [-0.2, -0.15) is 4.57 Å². The molecule has 0 saturated carbocycles. The van der Waals surface area contributed by atoms with E-state index in [1.165, 1.54) is 10.8 Å². The van der Waals surface area contributed by atoms with Crippen LogP contribution in [0.2, 0.25) is 0 Å². The molecule has 1 aromatic heterocycles. The number of aryl methyl sites for hydroxylation is 1. The Morgan fingerprint density at radius 1 is 1.17 bits per heavy atom. The number of hydrogen-bond donors (Lipinski definition) is 2. The highest BCUT2D eigenvalue weighted by Crippen LogP contribution is 2.25. The standard InChI is InChI=1S/C18H15NO3S/c1-2-19-13-7-3-4-9-15(13)23-16(19)11-10-12-6-5-8-14(20)17(12)18(21)22/h3-11H,2H2,1H3,(H-,20,21,22)/p+1. The minimum absolute atomic E-state index is 0.0760. The van der Waals surface area contributed by atoms with Gasteiger partial charge in [-0.3, -0.25) is 0 Å². The maximum atomic E-state index is 11.3. The minimum Gasteiger partial charge on any atom is -0.507 e. The number of para-hydroxylation sites is 1. The van der Waals surface area contributed by atoms with Crippen LogP contribution in [0.4, 0.5) is 0 Å². The third-order valence-corrected chi connectivity index (χ3v) is 4.78. The zero-order valence-corrected chi connectivity index (χ0v) is 13.4. The number of nitrogens with zero attached hydrogens (tertiary/aromatic N) is 1. The highest BCUT2D eigenvalue weighted by molar-refractivity contribution is 7.18. The first-order valence-electron chi connectivity index (χ1n) is 7.26. The van der Waals surface area contributed by atoms with Crippen LogP contribution in [0, 0.1) is 0 Å². The summed E-state index contributed by atoms with van der Waals surface area (Å²) < 4.78 is 3.36. The molecule has 0 fully saturated rings. The molecule has 0 bridgehead atoms. The molecule has 3 rings (SSSR count). The summed E-state index contributed by atoms with van der Waals surface area (Å²) in [7, 11) is 0. The van der Waals surface area contributed by atoms with Crippen LogP contribution in [0.25, 0.3) is 22.4 Å². The van der Waals surface area contributed by atoms with E-state index in [2.05, 4.69) is 23.6 Å². The third-order valence-electron chi connectivity index (χ3n) is 3.65. The molecule has 0 aliphatic rings. The maximum absolute atomic E-state index is 11.3. The molecule has 3 aromatic rings. The van der Waals surface area contributed by atoms with E-state index in [9.17, 15) is 15.0 Å². The second-order valence-electron chi connectivity index (χ2n) is 5.03. The van der Waals surface area contributed by atoms with E-state index in [4.69, 9.17) is 0 Å². The second-order valence-corrected chi connectivity index (χ2v) is 6.09. The van der Waals surface area contributed by atoms with Crippen molar-refractivity contribution >= 4 is 39.7 Å². The number of carboxylic acid groups (broad SMARTS) is 1. The Morgan fingerprint density at radius 3 is 2.70 bits per heavy atom. The van der Waals surface area contributed by atoms with Gasteiger partial charge in [-0.1, -0.05) is 35.6 Å². The molecule has 0 aliphatic carbocycles. The van der Waals surface area contributed by atoms with Crippen molar-refractivity contribution in [3.8, 4) is 5.75 Å². The monoisotopic (exact) mass is 326 g/mol. The summed E-state index contributed by atoms with van der Waals surface area (Å²) in [6.45, 7) is 2.91. The molecule has 2 aromatic carbocycles. The van der Waals surface area contributed by atoms with Crippen molar-refractivity contribution < 1.29 is 19.6 Å². The predicted molar refractivity (Wildman–Crippen MR) is 91.7 cm³/mol. The van der Waals surface area contributed by atoms with Crippen LogP contribution >= 0.6 is 11.3 Å². The molecule has 1 heterocycles. The highest BCUT2D eigenvalue weighted by atomic mass is 32.1. The lowest BCUT2D eigenvalue weighted by atomic mass is 10.1. The molecular weight excluding hydrogens is 310 g/mol. The van der Waals surface area contributed by atoms with Crippen molar-refractivity contribution in [3.05, 3.63) is 58.6 Å². The predicted octanol–water partition coefficient (Wildman–Crippen LogP) is 3.78. The van der Waals surface area contributed by atoms with Crippen LogP contribution in [-0.2, 0) is 6.54 Å². The Morgan fingerprint density at radius 2 is 1.96 bits per heavy atom. The van der Waals surface area contributed by atoms with Crippen molar-refractivity contribution in [1.82, 2.24) is 0 Å². The first kappa shape index (κ1) is 15.2. The molecule has 0 unspecified atom stereocenters. The summed E-state index contributed by atoms with van der Waals surface area (Å²) in [5.41, 5.74) is 1.57. The van der Waals surface area contributed by atoms with E-state index < -0.39 is 5.97 Å². The number of carbonyl (C=O) groups is 1. The van der Waals surface area contributed by atoms with Crippen molar-refractivity contribution in [2.75, 3.05) is 0 Å². The maximum Gasteiger partial charge on any atom is 0.340 e. The third kappa shape index (κ3) is 2.83. The molecule has 116 valence electrons. The van der Waals surface area contributed by atoms with Crippen LogP contribution in [0.15, 0.2) is 42.5 Å². The number of phenols is 1. The van der Waals surface area contributed by atoms with E-state index in [0.717, 1.165) is 17.1 Å². The van der Waals surface area contributed by atoms with Gasteiger partial charge in [0.05, 0.1) is 0 Å². The van der Waals surface area contributed by atoms with E-state index >= 15 is 0 Å². The van der Waals surface area contributed by atoms with Gasteiger partial charge in [0.15, 0.2) is 0 Å². The summed E-state index contributed by atoms with van der Waals surface area (Å²) in [4.78, 5) is 11.3. The molecule has 5 heteroatoms. The second kappa shape index (κ2) is 6.22. The molecule has 0 aliphatic heterocycles. The zero-order chi connectivity index (χ0) is 16.4. The number of benzene rings is 2. The Hall–Kier alpha value is -2.66. The van der Waals surface area contributed by atoms with Crippen molar-refractivity contribution in [1.29, 1.82) is 0 Å². The first-order valence-corrected chi connectivity index (χ1v) is 8.08. The lowest BCUT2D eigenvalue weighted by Gasteiger charge is -2.02. The van der Waals surface area contributed by atoms with Gasteiger partial charge in [-0.25, -0.2) is 4.79 Å². The number of carboxylic acids is 1. The van der Waals surface area contributed by atoms with Gasteiger partial charge in [0.1, 0.15) is 22.6 Å². The Kier molecular flexibility index (Phi) is 4.12. The Labute approximate surface area is 137 Å². The average molecular weight is 326 g/mol. The molecule has 0 atom stereocenters. The molecular formula is C18H16NO3S+. The van der Waals surface area contributed by atoms with Gasteiger partial charge in [-0.15, -0.1) is 0 Å². The van der Waals surface area contributed by atoms with Crippen LogP contribution in [0.1, 0.15) is 27.9 Å². The van der Waals surface area contributed by atoms with Crippen molar-refractivity contribution in [2.24, 2.45) is 0 Å². The Bertz CT molecular complexity index is 912. The van der Waals surface area contributed by atoms with Crippen LogP contribution in [-0.4, -0.2) is 16.2 Å². The summed E-state index contributed by atoms with van der Waals surface area (Å²) in [6, 6.07) is 12.9. The van der Waals surface area contributed by atoms with Gasteiger partial charge in [0.2, 0.25) is 5.52 Å². The van der Waals surface area contributed by atoms with E-state index in [0.29, 0.717) is 5.56 Å². The minimum atomic E-state index is -1.14. The lowest BCUT2D eigenvalue weighted by molar-refractivity contribution is -0.665. The summed E-state index contributed by atoms with van der Waals surface area (Å²) >= 11 is 1.65. The van der Waals surface area contributed by atoms with E-state index in [-0.39, 0.29) is 11.3 Å². The zero-order valence-electron chi connectivity index (χ0n) is 12.6. The fourth-order valence-electron chi connectivity index (χ4n) is 2.59. The number of aromatic carboxylic acids is 1. The fraction of sp³-hybridized carbons (Fsp3) is 0.111. The van der Waals surface area contributed by atoms with Crippen molar-refractivity contribution in [2.45, 2.75) is 13.5 Å². The molecule has 0 radical (unpaired) electrons. The van der Waals surface area contributed by atoms with Crippen LogP contribution < -0.4 is 4.57 Å². The largest absolute Gasteiger partial charge is 0.507 e. The Balaban J connectivity index is 2.08. The molecule has 0 amide bonds. The summed E-state index contributed by atoms with van der Waals surface area (Å²) in [5, 5.41) is 20.1. The fourth-order valence-corrected chi connectivity index (χ4v) is 3.72. The first-order chi connectivity index (χ1) is 11.1. The molecule has 4 nitrogen and oxygen atoms in total. The van der Waals surface area contributed by atoms with Gasteiger partial charge < -0.3 is 10.2 Å². The number of thiazole rings is 1. The molecule has 2 N–H and O–H groups in total. The number of fused-ring (bicyclic) bond motifs is 1. The van der Waals surface area contributed by atoms with Crippen LogP contribution in [0.5, 0.6) is 5.75 Å². The topological polar surface area (TPSA) is 61.4 Å². The molecule has 0 saturated heterocycles. The summed E-state index contributed by atoms with van der Waals surface area (Å²) in [5.74, 6) is -1.36. The smallest absolute Gasteiger partial charge is 0.340 e. The van der Waals surface area contributed by atoms with Crippen molar-refractivity contribution in [3.63, 3.8) is 0 Å². The molecule has 0 spiro atoms. The quantitative estimate of drug-likeness (QED) is 0.717. The normalized spacial score (nSPS) is 11.3. The van der Waals surface area contributed by atoms with Gasteiger partial charge >= 0.3 is 5.97 Å². The van der Waals surface area contributed by atoms with Crippen LogP contribution in [0.3, 0.4) is 0 Å². The van der Waals surface area contributed by atoms with E-state index in [1.54, 1.807) is 29.5 Å². The van der Waals surface area contributed by atoms with Gasteiger partial charge in [0, 0.05) is 12.1 Å². The lowest BCUT2D eigenvalue weighted by Crippen LogP contribution is -2.33. The highest BCUT2D eigenvalue weighted by Gasteiger charge is 2.17.